The molecule has 3 aromatic rings. The van der Waals surface area contributed by atoms with E-state index in [4.69, 9.17) is 4.74 Å². The van der Waals surface area contributed by atoms with Crippen LogP contribution in [0, 0.1) is 10.1 Å². The molecule has 0 unspecified atom stereocenters. The maximum Gasteiger partial charge on any atom is 0.274 e. The van der Waals surface area contributed by atoms with Gasteiger partial charge in [-0.3, -0.25) is 14.9 Å². The van der Waals surface area contributed by atoms with E-state index in [1.54, 1.807) is 31.4 Å². The standard InChI is InChI=1S/C17H13N3O4/c1-24-14-7-9-15-11(10-14)2-8-16(19-15)17(21)18-12-3-5-13(6-4-12)20(22)23/h2-10H,1H3,(H,18,21). The Hall–Kier alpha value is -3.48. The predicted octanol–water partition coefficient (Wildman–Crippen LogP) is 3.40. The molecule has 0 aliphatic rings. The Morgan fingerprint density at radius 2 is 1.88 bits per heavy atom. The van der Waals surface area contributed by atoms with Gasteiger partial charge in [0.1, 0.15) is 11.4 Å². The lowest BCUT2D eigenvalue weighted by molar-refractivity contribution is -0.384. The van der Waals surface area contributed by atoms with Crippen molar-refractivity contribution in [3.63, 3.8) is 0 Å². The second-order valence-corrected chi connectivity index (χ2v) is 5.01. The fraction of sp³-hybridized carbons (Fsp3) is 0.0588. The first-order valence-electron chi connectivity index (χ1n) is 7.07. The second kappa shape index (κ2) is 6.33. The molecule has 0 fully saturated rings. The Labute approximate surface area is 137 Å². The van der Waals surface area contributed by atoms with E-state index in [-0.39, 0.29) is 17.3 Å². The number of hydrogen-bond acceptors (Lipinski definition) is 5. The quantitative estimate of drug-likeness (QED) is 0.586. The minimum atomic E-state index is -0.495. The van der Waals surface area contributed by atoms with Gasteiger partial charge in [-0.25, -0.2) is 4.98 Å². The van der Waals surface area contributed by atoms with Crippen LogP contribution < -0.4 is 10.1 Å². The smallest absolute Gasteiger partial charge is 0.274 e. The average Bonchev–Trinajstić information content (AvgIpc) is 2.61. The zero-order valence-electron chi connectivity index (χ0n) is 12.7. The van der Waals surface area contributed by atoms with E-state index in [2.05, 4.69) is 10.3 Å². The minimum absolute atomic E-state index is 0.0363. The largest absolute Gasteiger partial charge is 0.497 e. The fourth-order valence-corrected chi connectivity index (χ4v) is 2.22. The van der Waals surface area contributed by atoms with Gasteiger partial charge in [-0.05, 0) is 36.4 Å². The number of aromatic nitrogens is 1. The van der Waals surface area contributed by atoms with Crippen LogP contribution in [0.3, 0.4) is 0 Å². The molecule has 0 radical (unpaired) electrons. The Bertz CT molecular complexity index is 923. The third kappa shape index (κ3) is 3.14. The fourth-order valence-electron chi connectivity index (χ4n) is 2.22. The highest BCUT2D eigenvalue weighted by Crippen LogP contribution is 2.20. The van der Waals surface area contributed by atoms with Gasteiger partial charge in [-0.1, -0.05) is 6.07 Å². The molecular weight excluding hydrogens is 310 g/mol. The molecule has 3 rings (SSSR count). The van der Waals surface area contributed by atoms with E-state index in [0.717, 1.165) is 5.39 Å². The SMILES string of the molecule is COc1ccc2nc(C(=O)Nc3ccc([N+](=O)[O-])cc3)ccc2c1. The van der Waals surface area contributed by atoms with Crippen LogP contribution in [0.25, 0.3) is 10.9 Å². The molecule has 0 spiro atoms. The van der Waals surface area contributed by atoms with Crippen molar-refractivity contribution >= 4 is 28.2 Å². The Balaban J connectivity index is 1.81. The molecule has 1 aromatic heterocycles. The third-order valence-electron chi connectivity index (χ3n) is 3.46. The van der Waals surface area contributed by atoms with Crippen molar-refractivity contribution in [2.45, 2.75) is 0 Å². The molecule has 24 heavy (non-hydrogen) atoms. The van der Waals surface area contributed by atoms with Crippen molar-refractivity contribution in [3.05, 3.63) is 70.4 Å². The van der Waals surface area contributed by atoms with Gasteiger partial charge in [0, 0.05) is 23.2 Å². The average molecular weight is 323 g/mol. The summed E-state index contributed by atoms with van der Waals surface area (Å²) < 4.78 is 5.15. The highest BCUT2D eigenvalue weighted by atomic mass is 16.6. The van der Waals surface area contributed by atoms with Crippen LogP contribution in [0.2, 0.25) is 0 Å². The summed E-state index contributed by atoms with van der Waals surface area (Å²) in [6, 6.07) is 14.4. The van der Waals surface area contributed by atoms with Crippen LogP contribution in [0.5, 0.6) is 5.75 Å². The highest BCUT2D eigenvalue weighted by molar-refractivity contribution is 6.04. The van der Waals surface area contributed by atoms with Crippen LogP contribution in [0.1, 0.15) is 10.5 Å². The molecule has 1 amide bonds. The zero-order chi connectivity index (χ0) is 17.1. The monoisotopic (exact) mass is 323 g/mol. The number of nitro benzene ring substituents is 1. The molecule has 1 heterocycles. The number of carbonyl (C=O) groups excluding carboxylic acids is 1. The molecule has 7 nitrogen and oxygen atoms in total. The first-order valence-corrected chi connectivity index (χ1v) is 7.07. The predicted molar refractivity (Wildman–Crippen MR) is 89.3 cm³/mol. The van der Waals surface area contributed by atoms with E-state index < -0.39 is 4.92 Å². The van der Waals surface area contributed by atoms with Crippen molar-refractivity contribution in [1.29, 1.82) is 0 Å². The van der Waals surface area contributed by atoms with E-state index >= 15 is 0 Å². The Morgan fingerprint density at radius 1 is 1.12 bits per heavy atom. The Morgan fingerprint density at radius 3 is 2.54 bits per heavy atom. The second-order valence-electron chi connectivity index (χ2n) is 5.01. The topological polar surface area (TPSA) is 94.4 Å². The lowest BCUT2D eigenvalue weighted by Gasteiger charge is -2.06. The summed E-state index contributed by atoms with van der Waals surface area (Å²) in [4.78, 5) is 26.7. The number of amides is 1. The van der Waals surface area contributed by atoms with Gasteiger partial charge >= 0.3 is 0 Å². The molecule has 0 atom stereocenters. The van der Waals surface area contributed by atoms with E-state index in [0.29, 0.717) is 17.0 Å². The van der Waals surface area contributed by atoms with E-state index in [1.165, 1.54) is 24.3 Å². The van der Waals surface area contributed by atoms with Gasteiger partial charge in [0.25, 0.3) is 11.6 Å². The van der Waals surface area contributed by atoms with Crippen molar-refractivity contribution in [1.82, 2.24) is 4.98 Å². The molecule has 120 valence electrons. The maximum atomic E-state index is 12.3. The van der Waals surface area contributed by atoms with Gasteiger partial charge in [-0.2, -0.15) is 0 Å². The van der Waals surface area contributed by atoms with Crippen molar-refractivity contribution in [2.75, 3.05) is 12.4 Å². The number of nitrogens with zero attached hydrogens (tertiary/aromatic N) is 2. The molecular formula is C17H13N3O4. The van der Waals surface area contributed by atoms with Crippen LogP contribution in [0.15, 0.2) is 54.6 Å². The molecule has 1 N–H and O–H groups in total. The highest BCUT2D eigenvalue weighted by Gasteiger charge is 2.10. The molecule has 0 aliphatic heterocycles. The number of pyridine rings is 1. The lowest BCUT2D eigenvalue weighted by atomic mass is 10.2. The lowest BCUT2D eigenvalue weighted by Crippen LogP contribution is -2.13. The summed E-state index contributed by atoms with van der Waals surface area (Å²) in [7, 11) is 1.58. The molecule has 2 aromatic carbocycles. The van der Waals surface area contributed by atoms with Crippen molar-refractivity contribution in [3.8, 4) is 5.75 Å². The summed E-state index contributed by atoms with van der Waals surface area (Å²) in [5.41, 5.74) is 1.35. The van der Waals surface area contributed by atoms with Gasteiger partial charge in [0.05, 0.1) is 17.5 Å². The molecule has 0 bridgehead atoms. The van der Waals surface area contributed by atoms with Crippen LogP contribution in [0.4, 0.5) is 11.4 Å². The van der Waals surface area contributed by atoms with Crippen molar-refractivity contribution < 1.29 is 14.5 Å². The number of ether oxygens (including phenoxy) is 1. The summed E-state index contributed by atoms with van der Waals surface area (Å²) in [5.74, 6) is 0.328. The van der Waals surface area contributed by atoms with E-state index in [1.807, 2.05) is 6.07 Å². The molecule has 7 heteroatoms. The van der Waals surface area contributed by atoms with Gasteiger partial charge < -0.3 is 10.1 Å². The van der Waals surface area contributed by atoms with Crippen molar-refractivity contribution in [2.24, 2.45) is 0 Å². The molecule has 0 saturated heterocycles. The number of carbonyl (C=O) groups is 1. The minimum Gasteiger partial charge on any atom is -0.497 e. The number of fused-ring (bicyclic) bond motifs is 1. The number of non-ortho nitro benzene ring substituents is 1. The first kappa shape index (κ1) is 15.4. The molecule has 0 aliphatic carbocycles. The maximum absolute atomic E-state index is 12.3. The summed E-state index contributed by atoms with van der Waals surface area (Å²) >= 11 is 0. The Kier molecular flexibility index (Phi) is 4.07. The van der Waals surface area contributed by atoms with Crippen LogP contribution in [-0.4, -0.2) is 22.9 Å². The number of nitro groups is 1. The number of hydrogen-bond donors (Lipinski definition) is 1. The zero-order valence-corrected chi connectivity index (χ0v) is 12.7. The number of anilines is 1. The number of methoxy groups -OCH3 is 1. The first-order chi connectivity index (χ1) is 11.6. The molecule has 0 saturated carbocycles. The van der Waals surface area contributed by atoms with Gasteiger partial charge in [-0.15, -0.1) is 0 Å². The number of rotatable bonds is 4. The third-order valence-corrected chi connectivity index (χ3v) is 3.46. The van der Waals surface area contributed by atoms with Crippen LogP contribution in [-0.2, 0) is 0 Å². The summed E-state index contributed by atoms with van der Waals surface area (Å²) in [6.07, 6.45) is 0. The van der Waals surface area contributed by atoms with Crippen LogP contribution >= 0.6 is 0 Å². The number of benzene rings is 2. The normalized spacial score (nSPS) is 10.4. The van der Waals surface area contributed by atoms with E-state index in [9.17, 15) is 14.9 Å². The number of nitrogens with one attached hydrogen (secondary N) is 1. The summed E-state index contributed by atoms with van der Waals surface area (Å²) in [5, 5.41) is 14.2. The van der Waals surface area contributed by atoms with Gasteiger partial charge in [0.15, 0.2) is 0 Å². The van der Waals surface area contributed by atoms with Gasteiger partial charge in [0.2, 0.25) is 0 Å². The summed E-state index contributed by atoms with van der Waals surface area (Å²) in [6.45, 7) is 0.